The molecule has 9 fully saturated rings. The molecular weight excluding hydrogens is 1620 g/mol. The largest absolute Gasteiger partial charge is 0.469 e. The molecule has 9 aliphatic rings. The van der Waals surface area contributed by atoms with Crippen LogP contribution in [0.1, 0.15) is 13.8 Å². The topological polar surface area (TPSA) is 854 Å². The van der Waals surface area contributed by atoms with Gasteiger partial charge in [-0.25, -0.2) is 9.13 Å². The third kappa shape index (κ3) is 22.1. The van der Waals surface area contributed by atoms with Crippen LogP contribution < -0.4 is 10.6 Å². The molecule has 2 amide bonds. The summed E-state index contributed by atoms with van der Waals surface area (Å²) in [5.74, 6) is -1.79. The van der Waals surface area contributed by atoms with Gasteiger partial charge < -0.3 is 238 Å². The van der Waals surface area contributed by atoms with E-state index < -0.39 is 363 Å². The maximum atomic E-state index is 13.0. The van der Waals surface area contributed by atoms with E-state index in [2.05, 4.69) is 19.7 Å². The minimum absolute atomic E-state index is 0.810. The number of rotatable bonds is 31. The van der Waals surface area contributed by atoms with Gasteiger partial charge in [0.2, 0.25) is 11.8 Å². The van der Waals surface area contributed by atoms with Crippen molar-refractivity contribution in [3.8, 4) is 0 Å². The van der Waals surface area contributed by atoms with Crippen molar-refractivity contribution in [2.24, 2.45) is 0 Å². The van der Waals surface area contributed by atoms with Crippen LogP contribution in [0.15, 0.2) is 0 Å². The summed E-state index contributed by atoms with van der Waals surface area (Å²) in [6, 6.07) is -3.64. The fourth-order valence-electron chi connectivity index (χ4n) is 13.8. The molecule has 54 nitrogen and oxygen atoms in total. The van der Waals surface area contributed by atoms with E-state index in [0.29, 0.717) is 0 Å². The first kappa shape index (κ1) is 95.3. The fraction of sp³-hybridized carbons (Fsp3) is 0.966. The van der Waals surface area contributed by atoms with Crippen molar-refractivity contribution in [3.05, 3.63) is 0 Å². The molecule has 1 unspecified atom stereocenters. The van der Waals surface area contributed by atoms with Crippen molar-refractivity contribution in [1.82, 2.24) is 10.6 Å². The summed E-state index contributed by atoms with van der Waals surface area (Å²) < 4.78 is 131. The van der Waals surface area contributed by atoms with Gasteiger partial charge >= 0.3 is 15.6 Å². The van der Waals surface area contributed by atoms with Crippen molar-refractivity contribution in [1.29, 1.82) is 0 Å². The van der Waals surface area contributed by atoms with Crippen molar-refractivity contribution >= 4 is 27.5 Å². The molecule has 0 radical (unpaired) electrons. The van der Waals surface area contributed by atoms with Gasteiger partial charge in [0, 0.05) is 13.8 Å². The predicted molar refractivity (Wildman–Crippen MR) is 342 cm³/mol. The number of ether oxygens (including phenoxy) is 17. The summed E-state index contributed by atoms with van der Waals surface area (Å²) in [6.45, 7) is -8.71. The van der Waals surface area contributed by atoms with Crippen LogP contribution in [0.2, 0.25) is 0 Å². The average molecular weight is 1720 g/mol. The Bertz CT molecular complexity index is 3110. The summed E-state index contributed by atoms with van der Waals surface area (Å²) in [5, 5.41) is 283. The Kier molecular flexibility index (Phi) is 34.0. The highest BCUT2D eigenvalue weighted by Gasteiger charge is 2.61. The van der Waals surface area contributed by atoms with Gasteiger partial charge in [0.05, 0.1) is 59.5 Å². The van der Waals surface area contributed by atoms with Crippen LogP contribution in [-0.4, -0.2) is 495 Å². The molecule has 0 aliphatic carbocycles. The van der Waals surface area contributed by atoms with Gasteiger partial charge in [0.15, 0.2) is 56.6 Å². The number of nitrogens with one attached hydrogen (secondary N) is 2. The molecule has 0 bridgehead atoms. The number of aliphatic hydroxyl groups is 25. The zero-order valence-corrected chi connectivity index (χ0v) is 61.4. The fourth-order valence-corrected chi connectivity index (χ4v) is 14.5. The molecule has 56 heteroatoms. The zero-order chi connectivity index (χ0) is 84.3. The van der Waals surface area contributed by atoms with Gasteiger partial charge in [0.25, 0.3) is 0 Å². The van der Waals surface area contributed by atoms with Crippen molar-refractivity contribution < 1.29 is 256 Å². The summed E-state index contributed by atoms with van der Waals surface area (Å²) in [6.07, 6.45) is -95.4. The van der Waals surface area contributed by atoms with E-state index in [0.717, 1.165) is 13.8 Å². The van der Waals surface area contributed by atoms with Crippen molar-refractivity contribution in [3.63, 3.8) is 0 Å². The maximum Gasteiger partial charge on any atom is 0.469 e. The molecule has 0 aromatic heterocycles. The second-order valence-corrected chi connectivity index (χ2v) is 30.4. The Hall–Kier alpha value is -2.52. The highest BCUT2D eigenvalue weighted by atomic mass is 31.2. The number of aliphatic hydroxyl groups excluding tert-OH is 25. The lowest BCUT2D eigenvalue weighted by Crippen LogP contribution is -2.70. The molecule has 0 spiro atoms. The van der Waals surface area contributed by atoms with Crippen LogP contribution in [0.25, 0.3) is 0 Å². The van der Waals surface area contributed by atoms with E-state index in [1.165, 1.54) is 0 Å². The smallest absolute Gasteiger partial charge is 0.394 e. The Labute approximate surface area is 641 Å². The Morgan fingerprint density at radius 2 is 0.553 bits per heavy atom. The molecule has 31 N–H and O–H groups in total. The summed E-state index contributed by atoms with van der Waals surface area (Å²) in [7, 11) is -10.7. The highest BCUT2D eigenvalue weighted by molar-refractivity contribution is 7.46. The number of phosphoric ester groups is 2. The molecule has 0 aromatic carbocycles. The molecule has 9 aliphatic heterocycles. The van der Waals surface area contributed by atoms with Crippen LogP contribution in [0.5, 0.6) is 0 Å². The maximum absolute atomic E-state index is 13.0. The van der Waals surface area contributed by atoms with Gasteiger partial charge in [0.1, 0.15) is 220 Å². The number of hydrogen-bond donors (Lipinski definition) is 31. The van der Waals surface area contributed by atoms with E-state index in [4.69, 9.17) is 80.5 Å². The van der Waals surface area contributed by atoms with Crippen molar-refractivity contribution in [2.75, 3.05) is 59.5 Å². The molecule has 9 rings (SSSR count). The minimum atomic E-state index is -5.38. The molecule has 0 saturated carbocycles. The van der Waals surface area contributed by atoms with Crippen LogP contribution in [0, 0.1) is 0 Å². The van der Waals surface area contributed by atoms with E-state index >= 15 is 0 Å². The second kappa shape index (κ2) is 40.7. The third-order valence-corrected chi connectivity index (χ3v) is 21.0. The van der Waals surface area contributed by atoms with Gasteiger partial charge in [-0.15, -0.1) is 0 Å². The molecule has 664 valence electrons. The van der Waals surface area contributed by atoms with E-state index in [1.807, 2.05) is 0 Å². The number of carbonyl (C=O) groups is 2. The molecule has 45 atom stereocenters. The SMILES string of the molecule is CC(=O)N[C@H]1[C@H](O[C@H]2[C@H](O)[C@@H](NC(C)=O)C(O)O[C@@H]2CO)O[C@H](CO)[C@@H](O[C@@H]2O[C@H](CO[C@H]3O[C@H](CO[C@H]4O[C@H](CO)[C@@H](O)[C@H](O)[C@@H]4O[C@H]4O[C@H](COP(=O)(O)O)[C@@H](O)[C@H](O)[C@@H]4O)[C@@H](O)[C@H](O[C@H]4O[C@H](CO)[C@@H](O)[C@H](O)[C@@H]4O)[C@@H]3O)[C@@H](O)[C@H](O[C@H]3O[C@H](CO)[C@@H](O)[C@H](O)[C@@H]3O[C@H]3O[C@H](COP(=O)(O)O)[C@@H](O)[C@H](O)[C@@H]3O)[C@@H]2O)[C@@H]1O. The van der Waals surface area contributed by atoms with Crippen LogP contribution in [0.4, 0.5) is 0 Å². The number of hydrogen-bond acceptors (Lipinski definition) is 48. The van der Waals surface area contributed by atoms with E-state index in [9.17, 15) is 166 Å². The standard InChI is InChI=1S/C58H100N2O52P2/c1-12(66)59-23-32(75)44(17(6-64)98-50(23)87)107-51-24(60-13(2)67)33(76)45(18(7-65)102-51)108-56-43(86)47(110-58-49(38(81)27(70)16(5-63)101-58)112-55-41(84)36(79)29(72)22(106-55)11-97-114(91,92)93)31(74)20(104-56)8-94-52-42(85)46(109-53-39(82)34(77)25(68)14(3-61)99-53)30(73)19(103-52)9-95-57-48(37(80)26(69)15(4-62)100-57)111-54-40(83)35(78)28(71)21(105-54)10-96-113(88,89)90/h14-58,61-65,68-87H,3-11H2,1-2H3,(H,59,66)(H,60,67)(H2,88,89,90)(H2,91,92,93)/t14-,15-,16-,17-,18-,19-,20-,21-,22-,23-,24-,25-,26-,27-,28-,29-,30-,31-,32-,33-,34+,35+,36+,37+,38+,39+,40+,41+,42+,43+,44-,45-,46+,47+,48+,49+,50?,51+,52+,53-,54-,55-,56+,57+,58-/m1/s1. The minimum Gasteiger partial charge on any atom is -0.394 e. The second-order valence-electron chi connectivity index (χ2n) is 27.9. The van der Waals surface area contributed by atoms with Gasteiger partial charge in [-0.1, -0.05) is 0 Å². The van der Waals surface area contributed by atoms with E-state index in [-0.39, 0.29) is 0 Å². The van der Waals surface area contributed by atoms with E-state index in [1.54, 1.807) is 0 Å². The predicted octanol–water partition coefficient (Wildman–Crippen LogP) is -20.1. The number of carbonyl (C=O) groups excluding carboxylic acids is 2. The molecule has 0 aromatic rings. The van der Waals surface area contributed by atoms with Crippen LogP contribution in [-0.2, 0) is 108 Å². The zero-order valence-electron chi connectivity index (χ0n) is 59.6. The molecule has 9 saturated heterocycles. The Morgan fingerprint density at radius 1 is 0.272 bits per heavy atom. The normalized spacial score (nSPS) is 48.7. The van der Waals surface area contributed by atoms with Crippen LogP contribution >= 0.6 is 15.6 Å². The third-order valence-electron chi connectivity index (χ3n) is 20.0. The Balaban J connectivity index is 1.05. The number of phosphoric acid groups is 2. The monoisotopic (exact) mass is 1720 g/mol. The highest BCUT2D eigenvalue weighted by Crippen LogP contribution is 2.42. The van der Waals surface area contributed by atoms with Gasteiger partial charge in [-0.2, -0.15) is 0 Å². The van der Waals surface area contributed by atoms with Crippen LogP contribution in [0.3, 0.4) is 0 Å². The molecule has 9 heterocycles. The quantitative estimate of drug-likeness (QED) is 0.0287. The van der Waals surface area contributed by atoms with Crippen molar-refractivity contribution in [2.45, 2.75) is 290 Å². The average Bonchev–Trinajstić information content (AvgIpc) is 0.797. The lowest BCUT2D eigenvalue weighted by Gasteiger charge is -2.51. The summed E-state index contributed by atoms with van der Waals surface area (Å²) >= 11 is 0. The first-order valence-electron chi connectivity index (χ1n) is 35.1. The summed E-state index contributed by atoms with van der Waals surface area (Å²) in [5.41, 5.74) is 0. The Morgan fingerprint density at radius 3 is 0.974 bits per heavy atom. The van der Waals surface area contributed by atoms with Gasteiger partial charge in [-0.05, 0) is 0 Å². The number of amides is 2. The lowest BCUT2D eigenvalue weighted by molar-refractivity contribution is -0.399. The molecular formula is C58H100N2O52P2. The molecule has 114 heavy (non-hydrogen) atoms. The first-order valence-corrected chi connectivity index (χ1v) is 38.2. The van der Waals surface area contributed by atoms with Gasteiger partial charge in [-0.3, -0.25) is 18.6 Å². The first-order chi connectivity index (χ1) is 53.5. The lowest BCUT2D eigenvalue weighted by atomic mass is 9.94. The summed E-state index contributed by atoms with van der Waals surface area (Å²) in [4.78, 5) is 62.5.